The standard InChI is InChI=1S/C14H13F3N2O/c15-14(16,17)10-5-2-1-4-9(10)13-18-8-11-12(20)6-3-7-19(11)13/h1-2,4-5,8,12,20H,3,6-7H2. The Morgan fingerprint density at radius 1 is 1.25 bits per heavy atom. The van der Waals surface area contributed by atoms with Crippen molar-refractivity contribution in [3.05, 3.63) is 41.7 Å². The van der Waals surface area contributed by atoms with Crippen LogP contribution in [0.5, 0.6) is 0 Å². The molecule has 0 amide bonds. The number of aromatic nitrogens is 2. The van der Waals surface area contributed by atoms with E-state index >= 15 is 0 Å². The van der Waals surface area contributed by atoms with Crippen LogP contribution >= 0.6 is 0 Å². The van der Waals surface area contributed by atoms with Crippen molar-refractivity contribution in [2.45, 2.75) is 31.7 Å². The second-order valence-electron chi connectivity index (χ2n) is 4.86. The summed E-state index contributed by atoms with van der Waals surface area (Å²) in [7, 11) is 0. The van der Waals surface area contributed by atoms with Gasteiger partial charge < -0.3 is 9.67 Å². The Bertz CT molecular complexity index is 634. The van der Waals surface area contributed by atoms with Crippen molar-refractivity contribution < 1.29 is 18.3 Å². The highest BCUT2D eigenvalue weighted by atomic mass is 19.4. The number of hydrogen-bond acceptors (Lipinski definition) is 2. The number of nitrogens with zero attached hydrogens (tertiary/aromatic N) is 2. The fraction of sp³-hybridized carbons (Fsp3) is 0.357. The third kappa shape index (κ3) is 2.10. The molecule has 3 nitrogen and oxygen atoms in total. The lowest BCUT2D eigenvalue weighted by atomic mass is 10.0. The van der Waals surface area contributed by atoms with Gasteiger partial charge in [0.05, 0.1) is 23.6 Å². The summed E-state index contributed by atoms with van der Waals surface area (Å²) in [5, 5.41) is 9.87. The molecule has 0 saturated carbocycles. The first-order valence-corrected chi connectivity index (χ1v) is 6.38. The predicted octanol–water partition coefficient (Wildman–Crippen LogP) is 3.40. The highest BCUT2D eigenvalue weighted by Gasteiger charge is 2.35. The molecule has 1 aliphatic heterocycles. The number of fused-ring (bicyclic) bond motifs is 1. The van der Waals surface area contributed by atoms with Crippen LogP contribution in [0.2, 0.25) is 0 Å². The zero-order chi connectivity index (χ0) is 14.3. The molecule has 1 unspecified atom stereocenters. The van der Waals surface area contributed by atoms with Gasteiger partial charge in [0.1, 0.15) is 5.82 Å². The number of alkyl halides is 3. The first kappa shape index (κ1) is 13.2. The molecule has 0 bridgehead atoms. The van der Waals surface area contributed by atoms with Gasteiger partial charge >= 0.3 is 6.18 Å². The lowest BCUT2D eigenvalue weighted by molar-refractivity contribution is -0.137. The molecule has 0 saturated heterocycles. The van der Waals surface area contributed by atoms with Gasteiger partial charge in [-0.2, -0.15) is 13.2 Å². The quantitative estimate of drug-likeness (QED) is 0.870. The molecule has 0 spiro atoms. The van der Waals surface area contributed by atoms with Crippen LogP contribution in [0.4, 0.5) is 13.2 Å². The van der Waals surface area contributed by atoms with Crippen LogP contribution < -0.4 is 0 Å². The van der Waals surface area contributed by atoms with Gasteiger partial charge in [0.25, 0.3) is 0 Å². The van der Waals surface area contributed by atoms with Crippen molar-refractivity contribution in [2.24, 2.45) is 0 Å². The molecule has 20 heavy (non-hydrogen) atoms. The maximum atomic E-state index is 13.1. The molecule has 2 heterocycles. The van der Waals surface area contributed by atoms with Crippen LogP contribution in [0.25, 0.3) is 11.4 Å². The number of aliphatic hydroxyl groups excluding tert-OH is 1. The zero-order valence-corrected chi connectivity index (χ0v) is 10.6. The van der Waals surface area contributed by atoms with Crippen molar-refractivity contribution in [3.8, 4) is 11.4 Å². The van der Waals surface area contributed by atoms with Crippen LogP contribution in [0.15, 0.2) is 30.5 Å². The van der Waals surface area contributed by atoms with E-state index in [4.69, 9.17) is 0 Å². The Kier molecular flexibility index (Phi) is 3.05. The Labute approximate surface area is 113 Å². The predicted molar refractivity (Wildman–Crippen MR) is 66.9 cm³/mol. The molecule has 0 fully saturated rings. The Morgan fingerprint density at radius 2 is 2.00 bits per heavy atom. The molecule has 0 aliphatic carbocycles. The smallest absolute Gasteiger partial charge is 0.387 e. The summed E-state index contributed by atoms with van der Waals surface area (Å²) >= 11 is 0. The van der Waals surface area contributed by atoms with Crippen LogP contribution in [0.1, 0.15) is 30.2 Å². The lowest BCUT2D eigenvalue weighted by Crippen LogP contribution is -2.16. The van der Waals surface area contributed by atoms with E-state index < -0.39 is 17.8 Å². The Morgan fingerprint density at radius 3 is 2.75 bits per heavy atom. The minimum atomic E-state index is -4.42. The third-order valence-corrected chi connectivity index (χ3v) is 3.56. The van der Waals surface area contributed by atoms with Crippen LogP contribution in [-0.2, 0) is 12.7 Å². The van der Waals surface area contributed by atoms with E-state index in [0.717, 1.165) is 12.5 Å². The van der Waals surface area contributed by atoms with Gasteiger partial charge in [0.2, 0.25) is 0 Å². The number of rotatable bonds is 1. The SMILES string of the molecule is OC1CCCn2c1cnc2-c1ccccc1C(F)(F)F. The average Bonchev–Trinajstić information content (AvgIpc) is 2.83. The first-order valence-electron chi connectivity index (χ1n) is 6.38. The molecule has 1 atom stereocenters. The molecule has 3 rings (SSSR count). The van der Waals surface area contributed by atoms with Gasteiger partial charge in [-0.25, -0.2) is 4.98 Å². The summed E-state index contributed by atoms with van der Waals surface area (Å²) in [6.07, 6.45) is -2.26. The topological polar surface area (TPSA) is 38.0 Å². The summed E-state index contributed by atoms with van der Waals surface area (Å²) < 4.78 is 40.9. The van der Waals surface area contributed by atoms with E-state index in [0.29, 0.717) is 18.7 Å². The molecular weight excluding hydrogens is 269 g/mol. The molecule has 1 aromatic heterocycles. The number of aliphatic hydroxyl groups is 1. The molecule has 6 heteroatoms. The molecule has 0 radical (unpaired) electrons. The minimum Gasteiger partial charge on any atom is -0.387 e. The molecular formula is C14H13F3N2O. The van der Waals surface area contributed by atoms with Crippen molar-refractivity contribution in [1.29, 1.82) is 0 Å². The Balaban J connectivity index is 2.16. The fourth-order valence-corrected chi connectivity index (χ4v) is 2.62. The van der Waals surface area contributed by atoms with Gasteiger partial charge in [0, 0.05) is 12.1 Å². The summed E-state index contributed by atoms with van der Waals surface area (Å²) in [4.78, 5) is 4.10. The average molecular weight is 282 g/mol. The van der Waals surface area contributed by atoms with Crippen molar-refractivity contribution in [3.63, 3.8) is 0 Å². The zero-order valence-electron chi connectivity index (χ0n) is 10.6. The number of hydrogen-bond donors (Lipinski definition) is 1. The van der Waals surface area contributed by atoms with Gasteiger partial charge in [-0.1, -0.05) is 18.2 Å². The van der Waals surface area contributed by atoms with Gasteiger partial charge in [-0.3, -0.25) is 0 Å². The molecule has 1 aromatic carbocycles. The molecule has 1 aliphatic rings. The minimum absolute atomic E-state index is 0.0559. The summed E-state index contributed by atoms with van der Waals surface area (Å²) in [6.45, 7) is 0.577. The highest BCUT2D eigenvalue weighted by molar-refractivity contribution is 5.62. The van der Waals surface area contributed by atoms with E-state index in [1.807, 2.05) is 0 Å². The Hall–Kier alpha value is -1.82. The lowest BCUT2D eigenvalue weighted by Gasteiger charge is -2.22. The van der Waals surface area contributed by atoms with Crippen LogP contribution in [0.3, 0.4) is 0 Å². The molecule has 2 aromatic rings. The summed E-state index contributed by atoms with van der Waals surface area (Å²) in [6, 6.07) is 5.39. The largest absolute Gasteiger partial charge is 0.417 e. The van der Waals surface area contributed by atoms with E-state index in [-0.39, 0.29) is 11.4 Å². The second kappa shape index (κ2) is 4.63. The van der Waals surface area contributed by atoms with Gasteiger partial charge in [0.15, 0.2) is 0 Å². The fourth-order valence-electron chi connectivity index (χ4n) is 2.62. The maximum Gasteiger partial charge on any atom is 0.417 e. The normalized spacial score (nSPS) is 18.9. The number of benzene rings is 1. The van der Waals surface area contributed by atoms with E-state index in [1.165, 1.54) is 18.3 Å². The number of halogens is 3. The van der Waals surface area contributed by atoms with Crippen LogP contribution in [-0.4, -0.2) is 14.7 Å². The van der Waals surface area contributed by atoms with E-state index in [2.05, 4.69) is 4.98 Å². The highest BCUT2D eigenvalue weighted by Crippen LogP contribution is 2.38. The van der Waals surface area contributed by atoms with Gasteiger partial charge in [-0.05, 0) is 18.9 Å². The van der Waals surface area contributed by atoms with Crippen molar-refractivity contribution >= 4 is 0 Å². The second-order valence-corrected chi connectivity index (χ2v) is 4.86. The molecule has 106 valence electrons. The van der Waals surface area contributed by atoms with Crippen molar-refractivity contribution in [2.75, 3.05) is 0 Å². The monoisotopic (exact) mass is 282 g/mol. The summed E-state index contributed by atoms with van der Waals surface area (Å²) in [5.41, 5.74) is -0.0583. The summed E-state index contributed by atoms with van der Waals surface area (Å²) in [5.74, 6) is 0.270. The van der Waals surface area contributed by atoms with E-state index in [9.17, 15) is 18.3 Å². The first-order chi connectivity index (χ1) is 9.48. The van der Waals surface area contributed by atoms with Crippen LogP contribution in [0, 0.1) is 0 Å². The maximum absolute atomic E-state index is 13.1. The third-order valence-electron chi connectivity index (χ3n) is 3.56. The van der Waals surface area contributed by atoms with Crippen molar-refractivity contribution in [1.82, 2.24) is 9.55 Å². The molecule has 1 N–H and O–H groups in total. The van der Waals surface area contributed by atoms with Gasteiger partial charge in [-0.15, -0.1) is 0 Å². The number of imidazole rings is 1. The van der Waals surface area contributed by atoms with E-state index in [1.54, 1.807) is 10.6 Å².